The van der Waals surface area contributed by atoms with Crippen LogP contribution in [0.15, 0.2) is 42.5 Å². The van der Waals surface area contributed by atoms with Gasteiger partial charge >= 0.3 is 0 Å². The van der Waals surface area contributed by atoms with Crippen molar-refractivity contribution in [2.45, 2.75) is 32.4 Å². The van der Waals surface area contributed by atoms with Gasteiger partial charge in [0.05, 0.1) is 0 Å². The summed E-state index contributed by atoms with van der Waals surface area (Å²) in [6.45, 7) is 5.10. The minimum absolute atomic E-state index is 0.247. The third-order valence-electron chi connectivity index (χ3n) is 4.12. The van der Waals surface area contributed by atoms with Crippen LogP contribution in [0, 0.1) is 0 Å². The maximum atomic E-state index is 11.6. The molecule has 2 nitrogen and oxygen atoms in total. The summed E-state index contributed by atoms with van der Waals surface area (Å²) in [5.74, 6) is 0.510. The molecule has 1 atom stereocenters. The number of benzene rings is 2. The Morgan fingerprint density at radius 1 is 1.19 bits per heavy atom. The minimum atomic E-state index is -0.247. The third-order valence-corrected chi connectivity index (χ3v) is 4.36. The zero-order chi connectivity index (χ0) is 15.0. The Balaban J connectivity index is 1.95. The average Bonchev–Trinajstić information content (AvgIpc) is 2.85. The fourth-order valence-electron chi connectivity index (χ4n) is 2.88. The summed E-state index contributed by atoms with van der Waals surface area (Å²) in [5, 5.41) is 0.678. The van der Waals surface area contributed by atoms with Crippen molar-refractivity contribution in [3.8, 4) is 0 Å². The van der Waals surface area contributed by atoms with E-state index in [9.17, 15) is 4.79 Å². The summed E-state index contributed by atoms with van der Waals surface area (Å²) in [4.78, 5) is 13.7. The van der Waals surface area contributed by atoms with E-state index in [0.717, 1.165) is 24.1 Å². The summed E-state index contributed by atoms with van der Waals surface area (Å²) < 4.78 is 0. The lowest BCUT2D eigenvalue weighted by atomic mass is 10.0. The van der Waals surface area contributed by atoms with Crippen LogP contribution in [0.25, 0.3) is 0 Å². The highest BCUT2D eigenvalue weighted by molar-refractivity contribution is 6.30. The molecule has 0 saturated carbocycles. The molecule has 1 unspecified atom stereocenters. The molecule has 0 bridgehead atoms. The smallest absolute Gasteiger partial charge is 0.147 e. The Labute approximate surface area is 130 Å². The molecule has 1 aliphatic heterocycles. The van der Waals surface area contributed by atoms with E-state index < -0.39 is 0 Å². The summed E-state index contributed by atoms with van der Waals surface area (Å²) in [7, 11) is 0. The van der Waals surface area contributed by atoms with E-state index in [2.05, 4.69) is 43.0 Å². The highest BCUT2D eigenvalue weighted by Crippen LogP contribution is 2.37. The molecule has 0 spiro atoms. The molecular formula is C18H18ClNO. The van der Waals surface area contributed by atoms with E-state index in [4.69, 9.17) is 11.6 Å². The molecular weight excluding hydrogens is 282 g/mol. The maximum Gasteiger partial charge on any atom is 0.147 e. The maximum absolute atomic E-state index is 11.6. The van der Waals surface area contributed by atoms with Crippen molar-refractivity contribution in [1.82, 2.24) is 0 Å². The van der Waals surface area contributed by atoms with Crippen LogP contribution >= 0.6 is 11.6 Å². The molecule has 0 aliphatic carbocycles. The number of anilines is 1. The van der Waals surface area contributed by atoms with Gasteiger partial charge in [0.25, 0.3) is 0 Å². The Morgan fingerprint density at radius 3 is 2.52 bits per heavy atom. The normalized spacial score (nSPS) is 17.1. The number of carbonyl (C=O) groups excluding carboxylic acids is 1. The lowest BCUT2D eigenvalue weighted by molar-refractivity contribution is -0.108. The SMILES string of the molecule is CC(C)c1ccc(N2Cc3ccc(Cl)cc3C2C=O)cc1. The first-order chi connectivity index (χ1) is 10.1. The van der Waals surface area contributed by atoms with Crippen LogP contribution in [0.5, 0.6) is 0 Å². The van der Waals surface area contributed by atoms with Gasteiger partial charge in [-0.2, -0.15) is 0 Å². The number of aldehydes is 1. The summed E-state index contributed by atoms with van der Waals surface area (Å²) >= 11 is 6.06. The Morgan fingerprint density at radius 2 is 1.90 bits per heavy atom. The van der Waals surface area contributed by atoms with Crippen LogP contribution in [-0.2, 0) is 11.3 Å². The molecule has 21 heavy (non-hydrogen) atoms. The van der Waals surface area contributed by atoms with Crippen molar-refractivity contribution in [3.63, 3.8) is 0 Å². The van der Waals surface area contributed by atoms with Crippen LogP contribution in [0.4, 0.5) is 5.69 Å². The summed E-state index contributed by atoms with van der Waals surface area (Å²) in [6, 6.07) is 14.0. The zero-order valence-electron chi connectivity index (χ0n) is 12.2. The first kappa shape index (κ1) is 14.2. The minimum Gasteiger partial charge on any atom is -0.353 e. The number of hydrogen-bond donors (Lipinski definition) is 0. The van der Waals surface area contributed by atoms with Crippen LogP contribution in [0.1, 0.15) is 42.5 Å². The molecule has 1 aliphatic rings. The molecule has 0 fully saturated rings. The number of carbonyl (C=O) groups is 1. The van der Waals surface area contributed by atoms with Gasteiger partial charge in [0.1, 0.15) is 12.3 Å². The molecule has 0 N–H and O–H groups in total. The fourth-order valence-corrected chi connectivity index (χ4v) is 3.06. The fraction of sp³-hybridized carbons (Fsp3) is 0.278. The topological polar surface area (TPSA) is 20.3 Å². The van der Waals surface area contributed by atoms with Gasteiger partial charge in [-0.05, 0) is 46.9 Å². The Bertz CT molecular complexity index is 663. The molecule has 3 heteroatoms. The molecule has 108 valence electrons. The van der Waals surface area contributed by atoms with E-state index in [1.165, 1.54) is 11.1 Å². The average molecular weight is 300 g/mol. The van der Waals surface area contributed by atoms with Crippen molar-refractivity contribution in [3.05, 3.63) is 64.2 Å². The highest BCUT2D eigenvalue weighted by atomic mass is 35.5. The van der Waals surface area contributed by atoms with Gasteiger partial charge in [-0.25, -0.2) is 0 Å². The lowest BCUT2D eigenvalue weighted by Crippen LogP contribution is -2.22. The van der Waals surface area contributed by atoms with Crippen molar-refractivity contribution in [2.24, 2.45) is 0 Å². The van der Waals surface area contributed by atoms with Crippen LogP contribution in [-0.4, -0.2) is 6.29 Å². The van der Waals surface area contributed by atoms with Crippen molar-refractivity contribution >= 4 is 23.6 Å². The van der Waals surface area contributed by atoms with Crippen LogP contribution in [0.3, 0.4) is 0 Å². The van der Waals surface area contributed by atoms with E-state index in [1.54, 1.807) is 0 Å². The van der Waals surface area contributed by atoms with Crippen molar-refractivity contribution in [1.29, 1.82) is 0 Å². The van der Waals surface area contributed by atoms with Gasteiger partial charge in [-0.15, -0.1) is 0 Å². The van der Waals surface area contributed by atoms with Gasteiger partial charge in [0.15, 0.2) is 0 Å². The van der Waals surface area contributed by atoms with Crippen molar-refractivity contribution in [2.75, 3.05) is 4.90 Å². The number of rotatable bonds is 3. The number of fused-ring (bicyclic) bond motifs is 1. The second-order valence-electron chi connectivity index (χ2n) is 5.80. The van der Waals surface area contributed by atoms with Gasteiger partial charge in [0, 0.05) is 17.3 Å². The third kappa shape index (κ3) is 2.56. The molecule has 0 aromatic heterocycles. The predicted molar refractivity (Wildman–Crippen MR) is 87.0 cm³/mol. The molecule has 1 heterocycles. The van der Waals surface area contributed by atoms with E-state index >= 15 is 0 Å². The highest BCUT2D eigenvalue weighted by Gasteiger charge is 2.30. The predicted octanol–water partition coefficient (Wildman–Crippen LogP) is 4.72. The molecule has 3 rings (SSSR count). The standard InChI is InChI=1S/C18H18ClNO/c1-12(2)13-4-7-16(8-5-13)20-10-14-3-6-15(19)9-17(14)18(20)11-21/h3-9,11-12,18H,10H2,1-2H3. The lowest BCUT2D eigenvalue weighted by Gasteiger charge is -2.23. The molecule has 0 amide bonds. The monoisotopic (exact) mass is 299 g/mol. The largest absolute Gasteiger partial charge is 0.353 e. The zero-order valence-corrected chi connectivity index (χ0v) is 13.0. The van der Waals surface area contributed by atoms with Gasteiger partial charge in [0.2, 0.25) is 0 Å². The molecule has 0 saturated heterocycles. The van der Waals surface area contributed by atoms with Gasteiger partial charge in [-0.1, -0.05) is 43.6 Å². The molecule has 2 aromatic carbocycles. The second kappa shape index (κ2) is 5.53. The Kier molecular flexibility index (Phi) is 3.73. The van der Waals surface area contributed by atoms with E-state index in [-0.39, 0.29) is 6.04 Å². The first-order valence-corrected chi connectivity index (χ1v) is 7.58. The number of halogens is 1. The summed E-state index contributed by atoms with van der Waals surface area (Å²) in [5.41, 5.74) is 4.57. The first-order valence-electron chi connectivity index (χ1n) is 7.20. The number of hydrogen-bond acceptors (Lipinski definition) is 2. The quantitative estimate of drug-likeness (QED) is 0.764. The molecule has 0 radical (unpaired) electrons. The van der Waals surface area contributed by atoms with Gasteiger partial charge < -0.3 is 9.69 Å². The number of nitrogens with zero attached hydrogens (tertiary/aromatic N) is 1. The Hall–Kier alpha value is -1.80. The summed E-state index contributed by atoms with van der Waals surface area (Å²) in [6.07, 6.45) is 0.999. The second-order valence-corrected chi connectivity index (χ2v) is 6.23. The molecule has 2 aromatic rings. The van der Waals surface area contributed by atoms with Crippen LogP contribution < -0.4 is 4.90 Å². The van der Waals surface area contributed by atoms with E-state index in [1.807, 2.05) is 18.2 Å². The van der Waals surface area contributed by atoms with E-state index in [0.29, 0.717) is 10.9 Å². The van der Waals surface area contributed by atoms with Crippen molar-refractivity contribution < 1.29 is 4.79 Å². The van der Waals surface area contributed by atoms with Crippen LogP contribution in [0.2, 0.25) is 5.02 Å². The van der Waals surface area contributed by atoms with Gasteiger partial charge in [-0.3, -0.25) is 0 Å².